The van der Waals surface area contributed by atoms with Crippen LogP contribution in [0.25, 0.3) is 11.3 Å². The van der Waals surface area contributed by atoms with Crippen LogP contribution < -0.4 is 4.68 Å². The summed E-state index contributed by atoms with van der Waals surface area (Å²) in [6.45, 7) is 5.68. The Bertz CT molecular complexity index is 532. The van der Waals surface area contributed by atoms with Crippen molar-refractivity contribution in [3.63, 3.8) is 0 Å². The van der Waals surface area contributed by atoms with Crippen LogP contribution >= 0.6 is 0 Å². The van der Waals surface area contributed by atoms with E-state index in [1.807, 2.05) is 29.9 Å². The van der Waals surface area contributed by atoms with E-state index in [0.29, 0.717) is 0 Å². The Hall–Kier alpha value is -2.03. The summed E-state index contributed by atoms with van der Waals surface area (Å²) < 4.78 is 1.83. The molecule has 0 amide bonds. The fourth-order valence-corrected chi connectivity index (χ4v) is 1.78. The van der Waals surface area contributed by atoms with E-state index >= 15 is 0 Å². The number of aryl methyl sites for hydroxylation is 2. The molecule has 0 N–H and O–H groups in total. The van der Waals surface area contributed by atoms with Crippen LogP contribution in [-0.2, 0) is 7.05 Å². The Labute approximate surface area is 95.1 Å². The Kier molecular flexibility index (Phi) is 2.77. The van der Waals surface area contributed by atoms with Crippen molar-refractivity contribution in [2.45, 2.75) is 6.92 Å². The van der Waals surface area contributed by atoms with Gasteiger partial charge in [-0.15, -0.1) is 0 Å². The van der Waals surface area contributed by atoms with Gasteiger partial charge in [-0.1, -0.05) is 22.9 Å². The van der Waals surface area contributed by atoms with Gasteiger partial charge < -0.3 is 0 Å². The molecule has 0 radical (unpaired) electrons. The van der Waals surface area contributed by atoms with Gasteiger partial charge >= 0.3 is 0 Å². The van der Waals surface area contributed by atoms with Crippen molar-refractivity contribution in [3.05, 3.63) is 42.1 Å². The number of rotatable bonds is 2. The van der Waals surface area contributed by atoms with E-state index in [1.165, 1.54) is 5.56 Å². The summed E-state index contributed by atoms with van der Waals surface area (Å²) in [6, 6.07) is 10.1. The van der Waals surface area contributed by atoms with Crippen LogP contribution in [0.15, 0.2) is 41.5 Å². The van der Waals surface area contributed by atoms with Crippen molar-refractivity contribution < 1.29 is 4.68 Å². The summed E-state index contributed by atoms with van der Waals surface area (Å²) in [5, 5.41) is 4.23. The first-order valence-electron chi connectivity index (χ1n) is 5.12. The molecule has 0 aliphatic carbocycles. The van der Waals surface area contributed by atoms with Crippen LogP contribution in [0.2, 0.25) is 0 Å². The van der Waals surface area contributed by atoms with Gasteiger partial charge in [-0.25, -0.2) is 0 Å². The molecule has 80 valence electrons. The van der Waals surface area contributed by atoms with Crippen molar-refractivity contribution in [1.29, 1.82) is 0 Å². The molecule has 2 aromatic rings. The van der Waals surface area contributed by atoms with Crippen LogP contribution in [0.3, 0.4) is 0 Å². The number of hydrogen-bond acceptors (Lipinski definition) is 2. The van der Waals surface area contributed by atoms with Gasteiger partial charge in [0.05, 0.1) is 11.8 Å². The molecule has 0 saturated heterocycles. The van der Waals surface area contributed by atoms with E-state index in [0.717, 1.165) is 16.9 Å². The highest BCUT2D eigenvalue weighted by molar-refractivity contribution is 5.72. The van der Waals surface area contributed by atoms with Crippen molar-refractivity contribution in [2.24, 2.45) is 12.0 Å². The Balaban J connectivity index is 2.73. The second kappa shape index (κ2) is 4.23. The van der Waals surface area contributed by atoms with Gasteiger partial charge in [-0.05, 0) is 36.4 Å². The summed E-state index contributed by atoms with van der Waals surface area (Å²) in [5.74, 6) is 0. The molecule has 2 rings (SSSR count). The third-order valence-electron chi connectivity index (χ3n) is 2.61. The fraction of sp³-hybridized carbons (Fsp3) is 0.154. The quantitative estimate of drug-likeness (QED) is 0.554. The van der Waals surface area contributed by atoms with E-state index in [2.05, 4.69) is 35.9 Å². The molecule has 1 aromatic carbocycles. The van der Waals surface area contributed by atoms with Crippen LogP contribution in [-0.4, -0.2) is 11.8 Å². The first-order valence-corrected chi connectivity index (χ1v) is 5.12. The maximum atomic E-state index is 4.23. The predicted octanol–water partition coefficient (Wildman–Crippen LogP) is 2.21. The van der Waals surface area contributed by atoms with Crippen LogP contribution in [0, 0.1) is 6.92 Å². The fourth-order valence-electron chi connectivity index (χ4n) is 1.78. The molecule has 0 unspecified atom stereocenters. The zero-order chi connectivity index (χ0) is 11.5. The summed E-state index contributed by atoms with van der Waals surface area (Å²) in [5.41, 5.74) is 4.19. The van der Waals surface area contributed by atoms with E-state index in [4.69, 9.17) is 0 Å². The largest absolute Gasteiger partial charge is 0.264 e. The van der Waals surface area contributed by atoms with E-state index in [1.54, 1.807) is 6.20 Å². The minimum Gasteiger partial charge on any atom is -0.257 e. The van der Waals surface area contributed by atoms with Gasteiger partial charge in [0.25, 0.3) is 5.69 Å². The highest BCUT2D eigenvalue weighted by Gasteiger charge is 2.17. The first-order chi connectivity index (χ1) is 7.74. The third-order valence-corrected chi connectivity index (χ3v) is 2.61. The molecule has 0 fully saturated rings. The van der Waals surface area contributed by atoms with Crippen molar-refractivity contribution >= 4 is 12.4 Å². The van der Waals surface area contributed by atoms with Crippen molar-refractivity contribution in [3.8, 4) is 11.3 Å². The Morgan fingerprint density at radius 2 is 2.00 bits per heavy atom. The number of aromatic nitrogens is 2. The topological polar surface area (TPSA) is 29.1 Å². The highest BCUT2D eigenvalue weighted by atomic mass is 15.2. The van der Waals surface area contributed by atoms with Gasteiger partial charge in [0.15, 0.2) is 7.05 Å². The summed E-state index contributed by atoms with van der Waals surface area (Å²) in [4.78, 5) is 4.04. The summed E-state index contributed by atoms with van der Waals surface area (Å²) >= 11 is 0. The van der Waals surface area contributed by atoms with Gasteiger partial charge in [0.1, 0.15) is 5.69 Å². The van der Waals surface area contributed by atoms with Crippen LogP contribution in [0.4, 0.5) is 5.69 Å². The molecule has 1 heterocycles. The van der Waals surface area contributed by atoms with Gasteiger partial charge in [-0.3, -0.25) is 4.99 Å². The second-order valence-corrected chi connectivity index (χ2v) is 3.66. The second-order valence-electron chi connectivity index (χ2n) is 3.66. The van der Waals surface area contributed by atoms with Crippen LogP contribution in [0.5, 0.6) is 0 Å². The predicted molar refractivity (Wildman–Crippen MR) is 64.8 cm³/mol. The average molecular weight is 212 g/mol. The SMILES string of the molecule is C=Nc1ccn[n+](C)c1-c1ccccc1C. The average Bonchev–Trinajstić information content (AvgIpc) is 2.30. The van der Waals surface area contributed by atoms with Crippen LogP contribution in [0.1, 0.15) is 5.56 Å². The highest BCUT2D eigenvalue weighted by Crippen LogP contribution is 2.27. The summed E-state index contributed by atoms with van der Waals surface area (Å²) in [7, 11) is 1.91. The normalized spacial score (nSPS) is 10.1. The standard InChI is InChI=1S/C13H14N3/c1-10-6-4-5-7-11(10)13-12(14-2)8-9-15-16(13)3/h4-9H,2H2,1,3H3/q+1. The van der Waals surface area contributed by atoms with Gasteiger partial charge in [-0.2, -0.15) is 0 Å². The lowest BCUT2D eigenvalue weighted by atomic mass is 10.0. The monoisotopic (exact) mass is 212 g/mol. The molecular weight excluding hydrogens is 198 g/mol. The van der Waals surface area contributed by atoms with Crippen molar-refractivity contribution in [2.75, 3.05) is 0 Å². The maximum absolute atomic E-state index is 4.23. The molecule has 3 nitrogen and oxygen atoms in total. The lowest BCUT2D eigenvalue weighted by Gasteiger charge is -2.04. The zero-order valence-electron chi connectivity index (χ0n) is 9.51. The molecule has 1 aromatic heterocycles. The number of aliphatic imine (C=N–C) groups is 1. The molecule has 0 atom stereocenters. The molecule has 0 aliphatic rings. The molecule has 0 spiro atoms. The minimum absolute atomic E-state index is 0.854. The molecule has 0 saturated carbocycles. The number of benzene rings is 1. The molecular formula is C13H14N3+. The van der Waals surface area contributed by atoms with Gasteiger partial charge in [0, 0.05) is 0 Å². The molecule has 3 heteroatoms. The van der Waals surface area contributed by atoms with E-state index in [9.17, 15) is 0 Å². The number of nitrogens with zero attached hydrogens (tertiary/aromatic N) is 3. The molecule has 0 aliphatic heterocycles. The smallest absolute Gasteiger partial charge is 0.257 e. The first kappa shape index (κ1) is 10.5. The number of hydrogen-bond donors (Lipinski definition) is 0. The summed E-state index contributed by atoms with van der Waals surface area (Å²) in [6.07, 6.45) is 1.73. The maximum Gasteiger partial charge on any atom is 0.264 e. The molecule has 0 bridgehead atoms. The zero-order valence-corrected chi connectivity index (χ0v) is 9.51. The van der Waals surface area contributed by atoms with Crippen molar-refractivity contribution in [1.82, 2.24) is 5.10 Å². The third kappa shape index (κ3) is 1.72. The lowest BCUT2D eigenvalue weighted by molar-refractivity contribution is -0.719. The Morgan fingerprint density at radius 1 is 1.25 bits per heavy atom. The van der Waals surface area contributed by atoms with E-state index in [-0.39, 0.29) is 0 Å². The van der Waals surface area contributed by atoms with Gasteiger partial charge in [0.2, 0.25) is 0 Å². The Morgan fingerprint density at radius 3 is 2.69 bits per heavy atom. The minimum atomic E-state index is 0.854. The molecule has 16 heavy (non-hydrogen) atoms. The van der Waals surface area contributed by atoms with E-state index < -0.39 is 0 Å². The lowest BCUT2D eigenvalue weighted by Crippen LogP contribution is -2.35.